The van der Waals surface area contributed by atoms with Gasteiger partial charge in [-0.25, -0.2) is 0 Å². The third-order valence-electron chi connectivity index (χ3n) is 4.43. The maximum atomic E-state index is 12.3. The third-order valence-corrected chi connectivity index (χ3v) is 4.92. The molecule has 1 amide bonds. The van der Waals surface area contributed by atoms with Crippen molar-refractivity contribution in [2.45, 2.75) is 13.0 Å². The molecule has 0 fully saturated rings. The van der Waals surface area contributed by atoms with Crippen molar-refractivity contribution in [1.29, 1.82) is 0 Å². The van der Waals surface area contributed by atoms with Gasteiger partial charge in [-0.05, 0) is 59.7 Å². The van der Waals surface area contributed by atoms with E-state index >= 15 is 0 Å². The first kappa shape index (κ1) is 20.0. The van der Waals surface area contributed by atoms with Crippen LogP contribution in [0, 0.1) is 0 Å². The largest absolute Gasteiger partial charge is 0.493 e. The first-order valence-electron chi connectivity index (χ1n) is 8.83. The molecule has 0 aliphatic rings. The number of carbonyl (C=O) groups is 1. The van der Waals surface area contributed by atoms with E-state index in [4.69, 9.17) is 14.2 Å². The number of hydrogen-bond acceptors (Lipinski definition) is 4. The number of amides is 1. The van der Waals surface area contributed by atoms with Crippen molar-refractivity contribution < 1.29 is 19.0 Å². The number of methoxy groups -OCH3 is 2. The molecular formula is C22H22BrNO4. The molecule has 0 saturated carbocycles. The van der Waals surface area contributed by atoms with Crippen LogP contribution in [0.2, 0.25) is 0 Å². The van der Waals surface area contributed by atoms with Gasteiger partial charge in [-0.15, -0.1) is 0 Å². The van der Waals surface area contributed by atoms with Crippen LogP contribution in [0.5, 0.6) is 17.2 Å². The highest BCUT2D eigenvalue weighted by molar-refractivity contribution is 9.10. The number of halogens is 1. The molecule has 3 aromatic rings. The van der Waals surface area contributed by atoms with Crippen molar-refractivity contribution in [3.05, 3.63) is 64.6 Å². The molecule has 1 N–H and O–H groups in total. The summed E-state index contributed by atoms with van der Waals surface area (Å²) in [5, 5.41) is 5.09. The molecule has 146 valence electrons. The van der Waals surface area contributed by atoms with Gasteiger partial charge in [-0.2, -0.15) is 0 Å². The second-order valence-corrected chi connectivity index (χ2v) is 7.26. The van der Waals surface area contributed by atoms with Crippen LogP contribution in [0.1, 0.15) is 18.5 Å². The fraction of sp³-hybridized carbons (Fsp3) is 0.227. The van der Waals surface area contributed by atoms with Crippen molar-refractivity contribution >= 4 is 32.6 Å². The van der Waals surface area contributed by atoms with Crippen molar-refractivity contribution in [2.75, 3.05) is 20.8 Å². The monoisotopic (exact) mass is 443 g/mol. The Labute approximate surface area is 172 Å². The highest BCUT2D eigenvalue weighted by Crippen LogP contribution is 2.30. The molecule has 0 spiro atoms. The number of nitrogens with one attached hydrogen (secondary N) is 1. The smallest absolute Gasteiger partial charge is 0.258 e. The van der Waals surface area contributed by atoms with E-state index in [1.165, 1.54) is 0 Å². The van der Waals surface area contributed by atoms with Crippen LogP contribution in [0.25, 0.3) is 10.8 Å². The molecule has 0 aromatic heterocycles. The van der Waals surface area contributed by atoms with Crippen molar-refractivity contribution in [3.63, 3.8) is 0 Å². The standard InChI is InChI=1S/C22H22BrNO4/c1-14(15-6-9-20(26-2)21(12-15)27-3)24-22(25)13-28-19-8-5-16-10-18(23)7-4-17(16)11-19/h4-12,14H,13H2,1-3H3,(H,24,25). The zero-order valence-corrected chi connectivity index (χ0v) is 17.6. The van der Waals surface area contributed by atoms with Crippen LogP contribution in [0.15, 0.2) is 59.1 Å². The van der Waals surface area contributed by atoms with E-state index in [2.05, 4.69) is 21.2 Å². The molecule has 0 saturated heterocycles. The molecule has 1 atom stereocenters. The number of benzene rings is 3. The Hall–Kier alpha value is -2.73. The van der Waals surface area contributed by atoms with Gasteiger partial charge in [0.25, 0.3) is 5.91 Å². The van der Waals surface area contributed by atoms with Gasteiger partial charge in [0.05, 0.1) is 20.3 Å². The van der Waals surface area contributed by atoms with E-state index in [1.54, 1.807) is 14.2 Å². The summed E-state index contributed by atoms with van der Waals surface area (Å²) >= 11 is 3.46. The number of ether oxygens (including phenoxy) is 3. The van der Waals surface area contributed by atoms with E-state index in [0.29, 0.717) is 17.2 Å². The molecular weight excluding hydrogens is 422 g/mol. The molecule has 0 radical (unpaired) electrons. The summed E-state index contributed by atoms with van der Waals surface area (Å²) in [4.78, 5) is 12.3. The van der Waals surface area contributed by atoms with Gasteiger partial charge in [-0.3, -0.25) is 4.79 Å². The molecule has 6 heteroatoms. The van der Waals surface area contributed by atoms with Gasteiger partial charge < -0.3 is 19.5 Å². The Balaban J connectivity index is 1.60. The van der Waals surface area contributed by atoms with Gasteiger partial charge in [0.2, 0.25) is 0 Å². The molecule has 5 nitrogen and oxygen atoms in total. The molecule has 0 aliphatic carbocycles. The number of hydrogen-bond donors (Lipinski definition) is 1. The van der Waals surface area contributed by atoms with E-state index in [0.717, 1.165) is 20.8 Å². The zero-order chi connectivity index (χ0) is 20.1. The van der Waals surface area contributed by atoms with Gasteiger partial charge in [0.1, 0.15) is 5.75 Å². The van der Waals surface area contributed by atoms with Gasteiger partial charge >= 0.3 is 0 Å². The number of fused-ring (bicyclic) bond motifs is 1. The Morgan fingerprint density at radius 2 is 1.68 bits per heavy atom. The second kappa shape index (κ2) is 8.97. The lowest BCUT2D eigenvalue weighted by Crippen LogP contribution is -2.31. The van der Waals surface area contributed by atoms with Crippen molar-refractivity contribution in [1.82, 2.24) is 5.32 Å². The summed E-state index contributed by atoms with van der Waals surface area (Å²) in [5.41, 5.74) is 0.919. The fourth-order valence-electron chi connectivity index (χ4n) is 2.92. The predicted molar refractivity (Wildman–Crippen MR) is 113 cm³/mol. The summed E-state index contributed by atoms with van der Waals surface area (Å²) in [6.45, 7) is 1.85. The van der Waals surface area contributed by atoms with Crippen LogP contribution in [-0.4, -0.2) is 26.7 Å². The van der Waals surface area contributed by atoms with E-state index in [-0.39, 0.29) is 18.6 Å². The first-order chi connectivity index (χ1) is 13.5. The quantitative estimate of drug-likeness (QED) is 0.565. The highest BCUT2D eigenvalue weighted by atomic mass is 79.9. The van der Waals surface area contributed by atoms with Crippen molar-refractivity contribution in [3.8, 4) is 17.2 Å². The van der Waals surface area contributed by atoms with Crippen molar-refractivity contribution in [2.24, 2.45) is 0 Å². The zero-order valence-electron chi connectivity index (χ0n) is 16.0. The topological polar surface area (TPSA) is 56.8 Å². The Bertz CT molecular complexity index is 989. The third kappa shape index (κ3) is 4.75. The minimum absolute atomic E-state index is 0.0559. The summed E-state index contributed by atoms with van der Waals surface area (Å²) in [6, 6.07) is 17.2. The van der Waals surface area contributed by atoms with Crippen LogP contribution < -0.4 is 19.5 Å². The minimum atomic E-state index is -0.196. The van der Waals surface area contributed by atoms with Crippen LogP contribution >= 0.6 is 15.9 Å². The lowest BCUT2D eigenvalue weighted by molar-refractivity contribution is -0.123. The lowest BCUT2D eigenvalue weighted by atomic mass is 10.1. The molecule has 0 heterocycles. The first-order valence-corrected chi connectivity index (χ1v) is 9.63. The molecule has 0 bridgehead atoms. The maximum Gasteiger partial charge on any atom is 0.258 e. The Morgan fingerprint density at radius 3 is 2.43 bits per heavy atom. The van der Waals surface area contributed by atoms with E-state index < -0.39 is 0 Å². The van der Waals surface area contributed by atoms with Crippen LogP contribution in [0.3, 0.4) is 0 Å². The number of rotatable bonds is 7. The molecule has 3 rings (SSSR count). The van der Waals surface area contributed by atoms with Crippen LogP contribution in [0.4, 0.5) is 0 Å². The molecule has 28 heavy (non-hydrogen) atoms. The minimum Gasteiger partial charge on any atom is -0.493 e. The summed E-state index contributed by atoms with van der Waals surface area (Å²) < 4.78 is 17.2. The molecule has 1 unspecified atom stereocenters. The van der Waals surface area contributed by atoms with Crippen LogP contribution in [-0.2, 0) is 4.79 Å². The SMILES string of the molecule is COc1ccc(C(C)NC(=O)COc2ccc3cc(Br)ccc3c2)cc1OC. The molecule has 3 aromatic carbocycles. The highest BCUT2D eigenvalue weighted by Gasteiger charge is 2.13. The fourth-order valence-corrected chi connectivity index (χ4v) is 3.30. The number of carbonyl (C=O) groups excluding carboxylic acids is 1. The van der Waals surface area contributed by atoms with E-state index in [1.807, 2.05) is 61.5 Å². The normalized spacial score (nSPS) is 11.7. The summed E-state index contributed by atoms with van der Waals surface area (Å²) in [5.74, 6) is 1.73. The maximum absolute atomic E-state index is 12.3. The van der Waals surface area contributed by atoms with Gasteiger partial charge in [-0.1, -0.05) is 34.1 Å². The summed E-state index contributed by atoms with van der Waals surface area (Å²) in [7, 11) is 3.17. The lowest BCUT2D eigenvalue weighted by Gasteiger charge is -2.17. The Morgan fingerprint density at radius 1 is 0.964 bits per heavy atom. The average Bonchev–Trinajstić information content (AvgIpc) is 2.71. The van der Waals surface area contributed by atoms with E-state index in [9.17, 15) is 4.79 Å². The average molecular weight is 444 g/mol. The summed E-state index contributed by atoms with van der Waals surface area (Å²) in [6.07, 6.45) is 0. The predicted octanol–water partition coefficient (Wildman–Crippen LogP) is 4.88. The van der Waals surface area contributed by atoms with Gasteiger partial charge in [0.15, 0.2) is 18.1 Å². The second-order valence-electron chi connectivity index (χ2n) is 6.35. The molecule has 0 aliphatic heterocycles. The Kier molecular flexibility index (Phi) is 6.41. The van der Waals surface area contributed by atoms with Gasteiger partial charge in [0, 0.05) is 4.47 Å².